The van der Waals surface area contributed by atoms with Crippen molar-refractivity contribution in [3.63, 3.8) is 0 Å². The Morgan fingerprint density at radius 3 is 2.47 bits per heavy atom. The summed E-state index contributed by atoms with van der Waals surface area (Å²) in [6.07, 6.45) is 5.89. The van der Waals surface area contributed by atoms with Gasteiger partial charge in [0.05, 0.1) is 13.2 Å². The number of hydrogen-bond acceptors (Lipinski definition) is 2. The lowest BCUT2D eigenvalue weighted by Crippen LogP contribution is -2.32. The molecule has 2 nitrogen and oxygen atoms in total. The second-order valence-electron chi connectivity index (χ2n) is 4.99. The second-order valence-corrected chi connectivity index (χ2v) is 5.43. The van der Waals surface area contributed by atoms with Gasteiger partial charge in [0.1, 0.15) is 0 Å². The topological polar surface area (TPSA) is 18.5 Å². The van der Waals surface area contributed by atoms with Crippen LogP contribution in [-0.4, -0.2) is 19.5 Å². The van der Waals surface area contributed by atoms with Crippen molar-refractivity contribution in [1.29, 1.82) is 0 Å². The minimum Gasteiger partial charge on any atom is -0.352 e. The molecule has 3 heteroatoms. The molecule has 19 heavy (non-hydrogen) atoms. The molecule has 1 aliphatic rings. The number of ether oxygens (including phenoxy) is 2. The number of allylic oxidation sites excluding steroid dienone is 1. The van der Waals surface area contributed by atoms with Gasteiger partial charge < -0.3 is 9.47 Å². The molecule has 0 atom stereocenters. The van der Waals surface area contributed by atoms with Crippen LogP contribution in [0.1, 0.15) is 24.8 Å². The van der Waals surface area contributed by atoms with Crippen LogP contribution in [0.2, 0.25) is 5.02 Å². The van der Waals surface area contributed by atoms with Crippen molar-refractivity contribution < 1.29 is 9.47 Å². The Morgan fingerprint density at radius 1 is 1.16 bits per heavy atom. The summed E-state index contributed by atoms with van der Waals surface area (Å²) in [5.41, 5.74) is 1.27. The van der Waals surface area contributed by atoms with Crippen LogP contribution in [0.25, 0.3) is 0 Å². The van der Waals surface area contributed by atoms with Crippen LogP contribution >= 0.6 is 11.6 Å². The van der Waals surface area contributed by atoms with Gasteiger partial charge in [0.25, 0.3) is 0 Å². The minimum atomic E-state index is -0.0596. The third kappa shape index (κ3) is 4.98. The maximum Gasteiger partial charge on any atom is 0.157 e. The molecular weight excluding hydrogens is 260 g/mol. The Balaban J connectivity index is 1.68. The standard InChI is InChI=1S/C16H21ClO2/c1-2-3-4-14-11-18-16(19-12-14)10-7-13-5-8-15(17)9-6-13/h2,5-6,8-9,14,16H,1,3-4,7,10-12H2/t14-,16-. The Kier molecular flexibility index (Phi) is 5.90. The first kappa shape index (κ1) is 14.6. The molecule has 1 aromatic rings. The number of rotatable bonds is 6. The van der Waals surface area contributed by atoms with Crippen LogP contribution in [0.15, 0.2) is 36.9 Å². The molecule has 1 aliphatic heterocycles. The second kappa shape index (κ2) is 7.68. The Bertz CT molecular complexity index is 380. The lowest BCUT2D eigenvalue weighted by molar-refractivity contribution is -0.203. The van der Waals surface area contributed by atoms with E-state index in [0.29, 0.717) is 5.92 Å². The van der Waals surface area contributed by atoms with Crippen molar-refractivity contribution in [3.8, 4) is 0 Å². The molecule has 1 saturated heterocycles. The van der Waals surface area contributed by atoms with E-state index in [1.54, 1.807) is 0 Å². The van der Waals surface area contributed by atoms with Gasteiger partial charge in [-0.25, -0.2) is 0 Å². The maximum atomic E-state index is 5.86. The zero-order valence-corrected chi connectivity index (χ0v) is 11.9. The third-order valence-electron chi connectivity index (χ3n) is 3.40. The van der Waals surface area contributed by atoms with Gasteiger partial charge >= 0.3 is 0 Å². The molecule has 0 bridgehead atoms. The van der Waals surface area contributed by atoms with Crippen LogP contribution in [0.4, 0.5) is 0 Å². The number of halogens is 1. The molecule has 0 spiro atoms. The van der Waals surface area contributed by atoms with Crippen molar-refractivity contribution in [2.75, 3.05) is 13.2 Å². The molecule has 0 aliphatic carbocycles. The van der Waals surface area contributed by atoms with Crippen molar-refractivity contribution in [2.45, 2.75) is 32.0 Å². The summed E-state index contributed by atoms with van der Waals surface area (Å²) in [7, 11) is 0. The Labute approximate surface area is 120 Å². The first-order valence-electron chi connectivity index (χ1n) is 6.86. The van der Waals surface area contributed by atoms with E-state index in [-0.39, 0.29) is 6.29 Å². The van der Waals surface area contributed by atoms with Crippen LogP contribution < -0.4 is 0 Å². The molecule has 1 aromatic carbocycles. The van der Waals surface area contributed by atoms with E-state index in [1.807, 2.05) is 18.2 Å². The largest absolute Gasteiger partial charge is 0.352 e. The predicted molar refractivity (Wildman–Crippen MR) is 78.4 cm³/mol. The zero-order chi connectivity index (χ0) is 13.5. The number of hydrogen-bond donors (Lipinski definition) is 0. The van der Waals surface area contributed by atoms with E-state index in [1.165, 1.54) is 5.56 Å². The van der Waals surface area contributed by atoms with E-state index in [4.69, 9.17) is 21.1 Å². The van der Waals surface area contributed by atoms with Gasteiger partial charge in [0.15, 0.2) is 6.29 Å². The first-order chi connectivity index (χ1) is 9.28. The quantitative estimate of drug-likeness (QED) is 0.726. The molecule has 0 saturated carbocycles. The average Bonchev–Trinajstić information content (AvgIpc) is 2.46. The fraction of sp³-hybridized carbons (Fsp3) is 0.500. The van der Waals surface area contributed by atoms with Gasteiger partial charge in [-0.1, -0.05) is 29.8 Å². The lowest BCUT2D eigenvalue weighted by atomic mass is 10.0. The highest BCUT2D eigenvalue weighted by molar-refractivity contribution is 6.30. The van der Waals surface area contributed by atoms with Crippen LogP contribution in [0.5, 0.6) is 0 Å². The predicted octanol–water partition coefficient (Wildman–Crippen LogP) is 4.23. The molecule has 0 N–H and O–H groups in total. The SMILES string of the molecule is C=CCC[C@H]1CO[C@H](CCc2ccc(Cl)cc2)OC1. The summed E-state index contributed by atoms with van der Waals surface area (Å²) < 4.78 is 11.5. The van der Waals surface area contributed by atoms with E-state index >= 15 is 0 Å². The van der Waals surface area contributed by atoms with Crippen LogP contribution in [-0.2, 0) is 15.9 Å². The smallest absolute Gasteiger partial charge is 0.157 e. The molecule has 0 radical (unpaired) electrons. The summed E-state index contributed by atoms with van der Waals surface area (Å²) in [5, 5.41) is 0.777. The average molecular weight is 281 g/mol. The highest BCUT2D eigenvalue weighted by atomic mass is 35.5. The Morgan fingerprint density at radius 2 is 1.84 bits per heavy atom. The summed E-state index contributed by atoms with van der Waals surface area (Å²) in [5.74, 6) is 0.518. The third-order valence-corrected chi connectivity index (χ3v) is 3.65. The molecule has 2 rings (SSSR count). The maximum absolute atomic E-state index is 5.86. The Hall–Kier alpha value is -0.830. The highest BCUT2D eigenvalue weighted by Crippen LogP contribution is 2.20. The van der Waals surface area contributed by atoms with E-state index in [0.717, 1.165) is 43.9 Å². The lowest BCUT2D eigenvalue weighted by Gasteiger charge is -2.29. The minimum absolute atomic E-state index is 0.0596. The fourth-order valence-corrected chi connectivity index (χ4v) is 2.33. The zero-order valence-electron chi connectivity index (χ0n) is 11.2. The number of benzene rings is 1. The van der Waals surface area contributed by atoms with Gasteiger partial charge in [0, 0.05) is 17.4 Å². The summed E-state index contributed by atoms with van der Waals surface area (Å²) in [4.78, 5) is 0. The van der Waals surface area contributed by atoms with Gasteiger partial charge in [-0.3, -0.25) is 0 Å². The van der Waals surface area contributed by atoms with Crippen LogP contribution in [0.3, 0.4) is 0 Å². The summed E-state index contributed by atoms with van der Waals surface area (Å²) in [6, 6.07) is 7.95. The van der Waals surface area contributed by atoms with Gasteiger partial charge in [0.2, 0.25) is 0 Å². The molecule has 0 unspecified atom stereocenters. The van der Waals surface area contributed by atoms with E-state index < -0.39 is 0 Å². The summed E-state index contributed by atoms with van der Waals surface area (Å²) >= 11 is 5.86. The van der Waals surface area contributed by atoms with E-state index in [9.17, 15) is 0 Å². The molecule has 0 amide bonds. The van der Waals surface area contributed by atoms with Gasteiger partial charge in [-0.2, -0.15) is 0 Å². The monoisotopic (exact) mass is 280 g/mol. The van der Waals surface area contributed by atoms with Gasteiger partial charge in [-0.05, 0) is 37.0 Å². The van der Waals surface area contributed by atoms with Crippen molar-refractivity contribution >= 4 is 11.6 Å². The molecular formula is C16H21ClO2. The molecule has 0 aromatic heterocycles. The van der Waals surface area contributed by atoms with Crippen molar-refractivity contribution in [2.24, 2.45) is 5.92 Å². The van der Waals surface area contributed by atoms with Crippen LogP contribution in [0, 0.1) is 5.92 Å². The van der Waals surface area contributed by atoms with E-state index in [2.05, 4.69) is 18.7 Å². The van der Waals surface area contributed by atoms with Crippen molar-refractivity contribution in [1.82, 2.24) is 0 Å². The fourth-order valence-electron chi connectivity index (χ4n) is 2.21. The normalized spacial score (nSPS) is 23.2. The highest BCUT2D eigenvalue weighted by Gasteiger charge is 2.21. The molecule has 1 fully saturated rings. The number of aryl methyl sites for hydroxylation is 1. The molecule has 1 heterocycles. The molecule has 104 valence electrons. The summed E-state index contributed by atoms with van der Waals surface area (Å²) in [6.45, 7) is 5.35. The van der Waals surface area contributed by atoms with Gasteiger partial charge in [-0.15, -0.1) is 6.58 Å². The first-order valence-corrected chi connectivity index (χ1v) is 7.24. The van der Waals surface area contributed by atoms with Crippen molar-refractivity contribution in [3.05, 3.63) is 47.5 Å².